The highest BCUT2D eigenvalue weighted by atomic mass is 16.3. The van der Waals surface area contributed by atoms with Gasteiger partial charge in [-0.25, -0.2) is 0 Å². The first kappa shape index (κ1) is 7.95. The SMILES string of the molecule is C=Cc1ccc(C(C)O)cn1. The second-order valence-corrected chi connectivity index (χ2v) is 2.40. The number of aromatic nitrogens is 1. The summed E-state index contributed by atoms with van der Waals surface area (Å²) in [6.45, 7) is 5.29. The molecule has 1 heterocycles. The normalized spacial score (nSPS) is 12.5. The number of rotatable bonds is 2. The van der Waals surface area contributed by atoms with Crippen molar-refractivity contribution < 1.29 is 5.11 Å². The lowest BCUT2D eigenvalue weighted by atomic mass is 10.2. The van der Waals surface area contributed by atoms with Crippen LogP contribution in [0.1, 0.15) is 24.3 Å². The Labute approximate surface area is 66.2 Å². The number of nitrogens with zero attached hydrogens (tertiary/aromatic N) is 1. The van der Waals surface area contributed by atoms with Crippen LogP contribution < -0.4 is 0 Å². The molecule has 0 saturated carbocycles. The summed E-state index contributed by atoms with van der Waals surface area (Å²) >= 11 is 0. The Bertz CT molecular complexity index is 238. The average Bonchev–Trinajstić information content (AvgIpc) is 2.05. The molecule has 0 fully saturated rings. The zero-order valence-electron chi connectivity index (χ0n) is 6.49. The molecule has 0 bridgehead atoms. The molecule has 58 valence electrons. The van der Waals surface area contributed by atoms with E-state index in [0.29, 0.717) is 0 Å². The maximum Gasteiger partial charge on any atom is 0.0776 e. The van der Waals surface area contributed by atoms with Gasteiger partial charge >= 0.3 is 0 Å². The highest BCUT2D eigenvalue weighted by Crippen LogP contribution is 2.10. The lowest BCUT2D eigenvalue weighted by Crippen LogP contribution is -1.92. The Morgan fingerprint density at radius 1 is 1.64 bits per heavy atom. The van der Waals surface area contributed by atoms with Gasteiger partial charge in [-0.15, -0.1) is 0 Å². The van der Waals surface area contributed by atoms with Gasteiger partial charge in [-0.05, 0) is 24.6 Å². The fourth-order valence-electron chi connectivity index (χ4n) is 0.785. The number of hydrogen-bond donors (Lipinski definition) is 1. The summed E-state index contributed by atoms with van der Waals surface area (Å²) in [6, 6.07) is 3.67. The van der Waals surface area contributed by atoms with Crippen molar-refractivity contribution in [3.05, 3.63) is 36.2 Å². The average molecular weight is 149 g/mol. The fourth-order valence-corrected chi connectivity index (χ4v) is 0.785. The van der Waals surface area contributed by atoms with Crippen LogP contribution in [0.4, 0.5) is 0 Å². The highest BCUT2D eigenvalue weighted by molar-refractivity contribution is 5.41. The molecule has 0 aromatic carbocycles. The van der Waals surface area contributed by atoms with Gasteiger partial charge in [-0.1, -0.05) is 12.6 Å². The molecule has 0 aliphatic carbocycles. The Hall–Kier alpha value is -1.15. The summed E-state index contributed by atoms with van der Waals surface area (Å²) in [4.78, 5) is 4.04. The lowest BCUT2D eigenvalue weighted by Gasteiger charge is -2.02. The first-order valence-electron chi connectivity index (χ1n) is 3.50. The summed E-state index contributed by atoms with van der Waals surface area (Å²) in [6.07, 6.45) is 2.88. The van der Waals surface area contributed by atoms with Gasteiger partial charge < -0.3 is 5.11 Å². The Balaban J connectivity index is 2.91. The van der Waals surface area contributed by atoms with E-state index in [9.17, 15) is 0 Å². The Morgan fingerprint density at radius 3 is 2.73 bits per heavy atom. The summed E-state index contributed by atoms with van der Waals surface area (Å²) in [5.74, 6) is 0. The minimum atomic E-state index is -0.443. The van der Waals surface area contributed by atoms with E-state index in [-0.39, 0.29) is 0 Å². The van der Waals surface area contributed by atoms with Crippen LogP contribution in [0.25, 0.3) is 6.08 Å². The van der Waals surface area contributed by atoms with E-state index in [2.05, 4.69) is 11.6 Å². The van der Waals surface area contributed by atoms with Gasteiger partial charge in [0.25, 0.3) is 0 Å². The Morgan fingerprint density at radius 2 is 2.36 bits per heavy atom. The smallest absolute Gasteiger partial charge is 0.0776 e. The van der Waals surface area contributed by atoms with Crippen LogP contribution >= 0.6 is 0 Å². The van der Waals surface area contributed by atoms with Crippen molar-refractivity contribution in [3.63, 3.8) is 0 Å². The lowest BCUT2D eigenvalue weighted by molar-refractivity contribution is 0.199. The quantitative estimate of drug-likeness (QED) is 0.695. The van der Waals surface area contributed by atoms with Gasteiger partial charge in [0, 0.05) is 6.20 Å². The minimum absolute atomic E-state index is 0.443. The molecule has 0 aliphatic heterocycles. The maximum absolute atomic E-state index is 9.12. The summed E-state index contributed by atoms with van der Waals surface area (Å²) in [5.41, 5.74) is 1.66. The summed E-state index contributed by atoms with van der Waals surface area (Å²) in [5, 5.41) is 9.12. The Kier molecular flexibility index (Phi) is 2.39. The zero-order chi connectivity index (χ0) is 8.27. The van der Waals surface area contributed by atoms with E-state index in [4.69, 9.17) is 5.11 Å². The van der Waals surface area contributed by atoms with E-state index in [0.717, 1.165) is 11.3 Å². The maximum atomic E-state index is 9.12. The van der Waals surface area contributed by atoms with Crippen molar-refractivity contribution >= 4 is 6.08 Å². The van der Waals surface area contributed by atoms with Gasteiger partial charge in [0.15, 0.2) is 0 Å². The predicted molar refractivity (Wildman–Crippen MR) is 45.0 cm³/mol. The fraction of sp³-hybridized carbons (Fsp3) is 0.222. The second-order valence-electron chi connectivity index (χ2n) is 2.40. The van der Waals surface area contributed by atoms with Gasteiger partial charge in [0.2, 0.25) is 0 Å². The molecule has 1 N–H and O–H groups in total. The third-order valence-electron chi connectivity index (χ3n) is 1.50. The van der Waals surface area contributed by atoms with Crippen LogP contribution in [-0.2, 0) is 0 Å². The molecule has 0 amide bonds. The number of aliphatic hydroxyl groups excluding tert-OH is 1. The first-order valence-corrected chi connectivity index (χ1v) is 3.50. The van der Waals surface area contributed by atoms with Crippen LogP contribution in [0.3, 0.4) is 0 Å². The molecule has 1 unspecified atom stereocenters. The van der Waals surface area contributed by atoms with E-state index in [1.165, 1.54) is 0 Å². The number of aliphatic hydroxyl groups is 1. The predicted octanol–water partition coefficient (Wildman–Crippen LogP) is 1.78. The first-order chi connectivity index (χ1) is 5.24. The molecular formula is C9H11NO. The number of pyridine rings is 1. The van der Waals surface area contributed by atoms with Crippen LogP contribution in [0.15, 0.2) is 24.9 Å². The molecule has 1 atom stereocenters. The molecule has 2 nitrogen and oxygen atoms in total. The molecule has 2 heteroatoms. The molecular weight excluding hydrogens is 138 g/mol. The van der Waals surface area contributed by atoms with Gasteiger partial charge in [-0.3, -0.25) is 4.98 Å². The molecule has 0 aliphatic rings. The zero-order valence-corrected chi connectivity index (χ0v) is 6.49. The molecule has 0 spiro atoms. The third kappa shape index (κ3) is 1.88. The van der Waals surface area contributed by atoms with Crippen molar-refractivity contribution in [3.8, 4) is 0 Å². The van der Waals surface area contributed by atoms with Gasteiger partial charge in [-0.2, -0.15) is 0 Å². The van der Waals surface area contributed by atoms with E-state index < -0.39 is 6.10 Å². The third-order valence-corrected chi connectivity index (χ3v) is 1.50. The molecule has 11 heavy (non-hydrogen) atoms. The van der Waals surface area contributed by atoms with Crippen molar-refractivity contribution in [2.24, 2.45) is 0 Å². The highest BCUT2D eigenvalue weighted by Gasteiger charge is 1.98. The van der Waals surface area contributed by atoms with Gasteiger partial charge in [0.05, 0.1) is 11.8 Å². The van der Waals surface area contributed by atoms with E-state index in [1.807, 2.05) is 12.1 Å². The molecule has 0 radical (unpaired) electrons. The molecule has 1 rings (SSSR count). The summed E-state index contributed by atoms with van der Waals surface area (Å²) < 4.78 is 0. The van der Waals surface area contributed by atoms with E-state index >= 15 is 0 Å². The topological polar surface area (TPSA) is 33.1 Å². The monoisotopic (exact) mass is 149 g/mol. The molecule has 1 aromatic rings. The van der Waals surface area contributed by atoms with Crippen molar-refractivity contribution in [1.29, 1.82) is 0 Å². The van der Waals surface area contributed by atoms with Gasteiger partial charge in [0.1, 0.15) is 0 Å². The summed E-state index contributed by atoms with van der Waals surface area (Å²) in [7, 11) is 0. The van der Waals surface area contributed by atoms with Crippen LogP contribution in [-0.4, -0.2) is 10.1 Å². The van der Waals surface area contributed by atoms with Crippen LogP contribution in [0.5, 0.6) is 0 Å². The van der Waals surface area contributed by atoms with Crippen molar-refractivity contribution in [1.82, 2.24) is 4.98 Å². The van der Waals surface area contributed by atoms with E-state index in [1.54, 1.807) is 19.2 Å². The van der Waals surface area contributed by atoms with Crippen LogP contribution in [0, 0.1) is 0 Å². The van der Waals surface area contributed by atoms with Crippen LogP contribution in [0.2, 0.25) is 0 Å². The second kappa shape index (κ2) is 3.30. The molecule has 1 aromatic heterocycles. The standard InChI is InChI=1S/C9H11NO/c1-3-9-5-4-8(6-10-9)7(2)11/h3-7,11H,1H2,2H3. The molecule has 0 saturated heterocycles. The largest absolute Gasteiger partial charge is 0.389 e. The van der Waals surface area contributed by atoms with Crippen molar-refractivity contribution in [2.75, 3.05) is 0 Å². The van der Waals surface area contributed by atoms with Crippen molar-refractivity contribution in [2.45, 2.75) is 13.0 Å². The minimum Gasteiger partial charge on any atom is -0.389 e. The number of hydrogen-bond acceptors (Lipinski definition) is 2.